The largest absolute Gasteiger partial charge is 0.444 e. The molecule has 2 heterocycles. The number of hydrogen-bond donors (Lipinski definition) is 2. The Balaban J connectivity index is 1.51. The number of rotatable bonds is 3. The first-order chi connectivity index (χ1) is 10.4. The van der Waals surface area contributed by atoms with Crippen LogP contribution in [0.5, 0.6) is 0 Å². The fraction of sp³-hybridized carbons (Fsp3) is 0.941. The molecule has 5 heteroatoms. The topological polar surface area (TPSA) is 53.6 Å². The standard InChI is InChI=1S/C17H31N3O2/c1-17(2,3)22-16(21)19-15-6-4-5-14(15)18-13-8-10-20-9-7-12(13)11-20/h12-15,18H,4-11H2,1-3H3,(H,19,21). The summed E-state index contributed by atoms with van der Waals surface area (Å²) in [6.45, 7) is 9.48. The molecule has 126 valence electrons. The number of ether oxygens (including phenoxy) is 1. The van der Waals surface area contributed by atoms with Crippen LogP contribution in [0.15, 0.2) is 0 Å². The number of amides is 1. The van der Waals surface area contributed by atoms with E-state index in [1.54, 1.807) is 0 Å². The summed E-state index contributed by atoms with van der Waals surface area (Å²) in [6, 6.07) is 1.25. The van der Waals surface area contributed by atoms with E-state index in [-0.39, 0.29) is 12.1 Å². The van der Waals surface area contributed by atoms with E-state index in [0.29, 0.717) is 12.1 Å². The van der Waals surface area contributed by atoms with Gasteiger partial charge in [0, 0.05) is 24.7 Å². The van der Waals surface area contributed by atoms with E-state index >= 15 is 0 Å². The zero-order valence-electron chi connectivity index (χ0n) is 14.2. The molecule has 0 radical (unpaired) electrons. The molecule has 2 aliphatic heterocycles. The normalized spacial score (nSPS) is 38.0. The van der Waals surface area contributed by atoms with Crippen molar-refractivity contribution in [1.29, 1.82) is 0 Å². The third kappa shape index (κ3) is 3.93. The quantitative estimate of drug-likeness (QED) is 0.838. The highest BCUT2D eigenvalue weighted by Gasteiger charge is 2.38. The molecule has 0 aromatic rings. The van der Waals surface area contributed by atoms with Crippen molar-refractivity contribution in [2.45, 2.75) is 76.6 Å². The maximum atomic E-state index is 12.0. The molecule has 22 heavy (non-hydrogen) atoms. The molecule has 2 N–H and O–H groups in total. The Bertz CT molecular complexity index is 407. The second-order valence-electron chi connectivity index (χ2n) is 8.20. The Hall–Kier alpha value is -0.810. The van der Waals surface area contributed by atoms with Gasteiger partial charge in [-0.15, -0.1) is 0 Å². The van der Waals surface area contributed by atoms with Gasteiger partial charge in [-0.3, -0.25) is 0 Å². The average molecular weight is 309 g/mol. The lowest BCUT2D eigenvalue weighted by Crippen LogP contribution is -2.54. The highest BCUT2D eigenvalue weighted by Crippen LogP contribution is 2.29. The molecule has 2 bridgehead atoms. The van der Waals surface area contributed by atoms with Gasteiger partial charge < -0.3 is 20.3 Å². The van der Waals surface area contributed by atoms with Crippen LogP contribution in [0, 0.1) is 5.92 Å². The fourth-order valence-electron chi connectivity index (χ4n) is 4.24. The number of fused-ring (bicyclic) bond motifs is 2. The van der Waals surface area contributed by atoms with E-state index < -0.39 is 5.60 Å². The van der Waals surface area contributed by atoms with Crippen LogP contribution in [0.2, 0.25) is 0 Å². The van der Waals surface area contributed by atoms with E-state index in [1.165, 1.54) is 38.9 Å². The van der Waals surface area contributed by atoms with E-state index in [1.807, 2.05) is 20.8 Å². The Kier molecular flexibility index (Phi) is 4.64. The van der Waals surface area contributed by atoms with Gasteiger partial charge in [0.05, 0.1) is 0 Å². The minimum atomic E-state index is -0.428. The molecule has 0 aromatic heterocycles. The minimum Gasteiger partial charge on any atom is -0.444 e. The Morgan fingerprint density at radius 2 is 1.77 bits per heavy atom. The van der Waals surface area contributed by atoms with E-state index in [9.17, 15) is 4.79 Å². The molecule has 3 aliphatic rings. The Morgan fingerprint density at radius 3 is 2.55 bits per heavy atom. The van der Waals surface area contributed by atoms with Gasteiger partial charge >= 0.3 is 6.09 Å². The first kappa shape index (κ1) is 16.1. The van der Waals surface area contributed by atoms with Gasteiger partial charge in [-0.2, -0.15) is 0 Å². The fourth-order valence-corrected chi connectivity index (χ4v) is 4.24. The summed E-state index contributed by atoms with van der Waals surface area (Å²) in [7, 11) is 0. The summed E-state index contributed by atoms with van der Waals surface area (Å²) in [5, 5.41) is 6.95. The first-order valence-corrected chi connectivity index (χ1v) is 8.88. The van der Waals surface area contributed by atoms with E-state index in [0.717, 1.165) is 18.8 Å². The zero-order chi connectivity index (χ0) is 15.7. The van der Waals surface area contributed by atoms with Gasteiger partial charge in [0.1, 0.15) is 5.60 Å². The predicted molar refractivity (Wildman–Crippen MR) is 86.9 cm³/mol. The molecule has 3 fully saturated rings. The predicted octanol–water partition coefficient (Wildman–Crippen LogP) is 2.12. The smallest absolute Gasteiger partial charge is 0.407 e. The number of hydrogen-bond acceptors (Lipinski definition) is 4. The summed E-state index contributed by atoms with van der Waals surface area (Å²) in [6.07, 6.45) is 5.70. The van der Waals surface area contributed by atoms with Crippen molar-refractivity contribution >= 4 is 6.09 Å². The van der Waals surface area contributed by atoms with Crippen LogP contribution in [0.4, 0.5) is 4.79 Å². The Labute approximate surface area is 134 Å². The van der Waals surface area contributed by atoms with Crippen molar-refractivity contribution in [3.05, 3.63) is 0 Å². The molecule has 5 atom stereocenters. The van der Waals surface area contributed by atoms with Crippen molar-refractivity contribution < 1.29 is 9.53 Å². The first-order valence-electron chi connectivity index (χ1n) is 8.88. The summed E-state index contributed by atoms with van der Waals surface area (Å²) in [5.41, 5.74) is -0.428. The highest BCUT2D eigenvalue weighted by molar-refractivity contribution is 5.68. The third-order valence-corrected chi connectivity index (χ3v) is 5.28. The number of nitrogens with one attached hydrogen (secondary N) is 2. The van der Waals surface area contributed by atoms with Gasteiger partial charge in [0.2, 0.25) is 0 Å². The summed E-state index contributed by atoms with van der Waals surface area (Å²) in [5.74, 6) is 0.802. The molecule has 0 spiro atoms. The average Bonchev–Trinajstić information content (AvgIpc) is 2.98. The molecular formula is C17H31N3O2. The van der Waals surface area contributed by atoms with Gasteiger partial charge in [0.15, 0.2) is 0 Å². The SMILES string of the molecule is CC(C)(C)OC(=O)NC1CCCC1NC1CCN2CCC1C2. The maximum absolute atomic E-state index is 12.0. The van der Waals surface area contributed by atoms with Crippen LogP contribution in [0.25, 0.3) is 0 Å². The summed E-state index contributed by atoms with van der Waals surface area (Å²) in [4.78, 5) is 14.6. The lowest BCUT2D eigenvalue weighted by molar-refractivity contribution is 0.0494. The van der Waals surface area contributed by atoms with Crippen molar-refractivity contribution in [3.63, 3.8) is 0 Å². The number of carbonyl (C=O) groups is 1. The lowest BCUT2D eigenvalue weighted by atomic mass is 9.93. The van der Waals surface area contributed by atoms with Gasteiger partial charge in [-0.05, 0) is 71.9 Å². The summed E-state index contributed by atoms with van der Waals surface area (Å²) >= 11 is 0. The minimum absolute atomic E-state index is 0.217. The molecule has 1 amide bonds. The molecule has 5 nitrogen and oxygen atoms in total. The van der Waals surface area contributed by atoms with E-state index in [2.05, 4.69) is 15.5 Å². The van der Waals surface area contributed by atoms with Crippen molar-refractivity contribution in [1.82, 2.24) is 15.5 Å². The van der Waals surface area contributed by atoms with Crippen LogP contribution in [0.3, 0.4) is 0 Å². The van der Waals surface area contributed by atoms with Crippen LogP contribution in [-0.2, 0) is 4.74 Å². The van der Waals surface area contributed by atoms with Crippen molar-refractivity contribution in [2.24, 2.45) is 5.92 Å². The molecule has 5 unspecified atom stereocenters. The number of carbonyl (C=O) groups excluding carboxylic acids is 1. The molecule has 1 aliphatic carbocycles. The molecule has 3 rings (SSSR count). The van der Waals surface area contributed by atoms with Gasteiger partial charge in [-0.25, -0.2) is 4.79 Å². The van der Waals surface area contributed by atoms with Gasteiger partial charge in [-0.1, -0.05) is 0 Å². The second-order valence-corrected chi connectivity index (χ2v) is 8.20. The third-order valence-electron chi connectivity index (χ3n) is 5.28. The molecule has 1 saturated carbocycles. The van der Waals surface area contributed by atoms with Crippen LogP contribution in [-0.4, -0.2) is 54.4 Å². The number of alkyl carbamates (subject to hydrolysis) is 1. The van der Waals surface area contributed by atoms with E-state index in [4.69, 9.17) is 4.74 Å². The Morgan fingerprint density at radius 1 is 1.05 bits per heavy atom. The van der Waals surface area contributed by atoms with Gasteiger partial charge in [0.25, 0.3) is 0 Å². The molecule has 2 saturated heterocycles. The van der Waals surface area contributed by atoms with Crippen molar-refractivity contribution in [2.75, 3.05) is 19.6 Å². The van der Waals surface area contributed by atoms with Crippen molar-refractivity contribution in [3.8, 4) is 0 Å². The van der Waals surface area contributed by atoms with Crippen LogP contribution in [0.1, 0.15) is 52.9 Å². The second kappa shape index (κ2) is 6.36. The zero-order valence-corrected chi connectivity index (χ0v) is 14.2. The highest BCUT2D eigenvalue weighted by atomic mass is 16.6. The monoisotopic (exact) mass is 309 g/mol. The summed E-state index contributed by atoms with van der Waals surface area (Å²) < 4.78 is 5.40. The molecule has 0 aromatic carbocycles. The number of piperidine rings is 1. The number of nitrogens with zero attached hydrogens (tertiary/aromatic N) is 1. The molecular weight excluding hydrogens is 278 g/mol. The maximum Gasteiger partial charge on any atom is 0.407 e. The van der Waals surface area contributed by atoms with Crippen LogP contribution >= 0.6 is 0 Å². The lowest BCUT2D eigenvalue weighted by Gasteiger charge is -2.35. The van der Waals surface area contributed by atoms with Crippen LogP contribution < -0.4 is 10.6 Å².